The molecule has 7 heteroatoms. The summed E-state index contributed by atoms with van der Waals surface area (Å²) in [5.74, 6) is 0.181. The number of benzene rings is 1. The SMILES string of the molecule is CNC1CCCN(C(=O)CCc2ccc(S(=O)(=O)N3CCCCC3)cc2)C1. The van der Waals surface area contributed by atoms with Gasteiger partial charge in [0.2, 0.25) is 15.9 Å². The van der Waals surface area contributed by atoms with E-state index < -0.39 is 10.0 Å². The number of piperidine rings is 2. The standard InChI is InChI=1S/C20H31N3O3S/c1-21-18-6-5-13-22(16-18)20(24)12-9-17-7-10-19(11-8-17)27(25,26)23-14-3-2-4-15-23/h7-8,10-11,18,21H,2-6,9,12-16H2,1H3. The van der Waals surface area contributed by atoms with Gasteiger partial charge in [-0.05, 0) is 56.8 Å². The Morgan fingerprint density at radius 3 is 2.44 bits per heavy atom. The van der Waals surface area contributed by atoms with Gasteiger partial charge in [0.15, 0.2) is 0 Å². The molecule has 2 saturated heterocycles. The average Bonchev–Trinajstić information content (AvgIpc) is 2.73. The van der Waals surface area contributed by atoms with Crippen molar-refractivity contribution in [2.24, 2.45) is 0 Å². The van der Waals surface area contributed by atoms with Crippen LogP contribution in [0.5, 0.6) is 0 Å². The van der Waals surface area contributed by atoms with Crippen LogP contribution in [-0.4, -0.2) is 62.8 Å². The van der Waals surface area contributed by atoms with Crippen molar-refractivity contribution in [3.05, 3.63) is 29.8 Å². The Balaban J connectivity index is 1.55. The number of likely N-dealkylation sites (tertiary alicyclic amines) is 1. The van der Waals surface area contributed by atoms with E-state index in [0.717, 1.165) is 50.8 Å². The lowest BCUT2D eigenvalue weighted by molar-refractivity contribution is -0.132. The van der Waals surface area contributed by atoms with E-state index >= 15 is 0 Å². The number of hydrogen-bond donors (Lipinski definition) is 1. The molecule has 27 heavy (non-hydrogen) atoms. The molecule has 1 N–H and O–H groups in total. The number of nitrogens with one attached hydrogen (secondary N) is 1. The Kier molecular flexibility index (Phi) is 6.89. The zero-order valence-electron chi connectivity index (χ0n) is 16.2. The van der Waals surface area contributed by atoms with E-state index in [1.54, 1.807) is 16.4 Å². The topological polar surface area (TPSA) is 69.7 Å². The van der Waals surface area contributed by atoms with E-state index in [0.29, 0.717) is 36.9 Å². The molecule has 6 nitrogen and oxygen atoms in total. The van der Waals surface area contributed by atoms with Crippen molar-refractivity contribution >= 4 is 15.9 Å². The van der Waals surface area contributed by atoms with Crippen LogP contribution in [0.25, 0.3) is 0 Å². The maximum absolute atomic E-state index is 12.7. The fraction of sp³-hybridized carbons (Fsp3) is 0.650. The van der Waals surface area contributed by atoms with Crippen molar-refractivity contribution in [1.82, 2.24) is 14.5 Å². The van der Waals surface area contributed by atoms with E-state index in [9.17, 15) is 13.2 Å². The van der Waals surface area contributed by atoms with Gasteiger partial charge in [0.05, 0.1) is 4.90 Å². The number of rotatable bonds is 6. The first-order valence-electron chi connectivity index (χ1n) is 10.0. The number of sulfonamides is 1. The number of aryl methyl sites for hydroxylation is 1. The molecule has 1 amide bonds. The largest absolute Gasteiger partial charge is 0.341 e. The second-order valence-electron chi connectivity index (χ2n) is 7.58. The molecular formula is C20H31N3O3S. The Labute approximate surface area is 163 Å². The molecule has 2 heterocycles. The Morgan fingerprint density at radius 1 is 1.07 bits per heavy atom. The number of carbonyl (C=O) groups is 1. The summed E-state index contributed by atoms with van der Waals surface area (Å²) in [5.41, 5.74) is 1.00. The van der Waals surface area contributed by atoms with Gasteiger partial charge >= 0.3 is 0 Å². The summed E-state index contributed by atoms with van der Waals surface area (Å²) in [6.45, 7) is 2.84. The molecule has 150 valence electrons. The predicted octanol–water partition coefficient (Wildman–Crippen LogP) is 2.00. The van der Waals surface area contributed by atoms with Crippen molar-refractivity contribution in [2.75, 3.05) is 33.2 Å². The normalized spacial score (nSPS) is 22.0. The molecule has 0 radical (unpaired) electrons. The molecule has 1 atom stereocenters. The van der Waals surface area contributed by atoms with Crippen molar-refractivity contribution in [1.29, 1.82) is 0 Å². The third-order valence-electron chi connectivity index (χ3n) is 5.69. The quantitative estimate of drug-likeness (QED) is 0.803. The van der Waals surface area contributed by atoms with Crippen LogP contribution in [0, 0.1) is 0 Å². The van der Waals surface area contributed by atoms with Crippen LogP contribution >= 0.6 is 0 Å². The highest BCUT2D eigenvalue weighted by atomic mass is 32.2. The van der Waals surface area contributed by atoms with Crippen molar-refractivity contribution in [3.63, 3.8) is 0 Å². The van der Waals surface area contributed by atoms with Crippen LogP contribution in [0.4, 0.5) is 0 Å². The van der Waals surface area contributed by atoms with E-state index in [4.69, 9.17) is 0 Å². The summed E-state index contributed by atoms with van der Waals surface area (Å²) in [5, 5.41) is 3.26. The summed E-state index contributed by atoms with van der Waals surface area (Å²) in [4.78, 5) is 14.8. The van der Waals surface area contributed by atoms with Crippen molar-refractivity contribution in [3.8, 4) is 0 Å². The molecule has 1 aromatic carbocycles. The highest BCUT2D eigenvalue weighted by Crippen LogP contribution is 2.21. The monoisotopic (exact) mass is 393 g/mol. The summed E-state index contributed by atoms with van der Waals surface area (Å²) in [6, 6.07) is 7.44. The van der Waals surface area contributed by atoms with Gasteiger partial charge in [0.25, 0.3) is 0 Å². The minimum atomic E-state index is -3.39. The van der Waals surface area contributed by atoms with Gasteiger partial charge in [-0.15, -0.1) is 0 Å². The summed E-state index contributed by atoms with van der Waals surface area (Å²) >= 11 is 0. The van der Waals surface area contributed by atoms with E-state index in [1.165, 1.54) is 0 Å². The van der Waals surface area contributed by atoms with Gasteiger partial charge in [-0.1, -0.05) is 18.6 Å². The zero-order chi connectivity index (χ0) is 19.3. The fourth-order valence-electron chi connectivity index (χ4n) is 3.93. The highest BCUT2D eigenvalue weighted by molar-refractivity contribution is 7.89. The number of hydrogen-bond acceptors (Lipinski definition) is 4. The number of nitrogens with zero attached hydrogens (tertiary/aromatic N) is 2. The molecule has 1 aromatic rings. The molecule has 3 rings (SSSR count). The Hall–Kier alpha value is -1.44. The van der Waals surface area contributed by atoms with Crippen molar-refractivity contribution in [2.45, 2.75) is 55.9 Å². The molecule has 2 aliphatic heterocycles. The molecule has 0 aliphatic carbocycles. The van der Waals surface area contributed by atoms with Crippen LogP contribution in [0.1, 0.15) is 44.1 Å². The minimum absolute atomic E-state index is 0.181. The van der Waals surface area contributed by atoms with Crippen LogP contribution in [-0.2, 0) is 21.2 Å². The summed E-state index contributed by atoms with van der Waals surface area (Å²) in [6.07, 6.45) is 6.24. The Morgan fingerprint density at radius 2 is 1.78 bits per heavy atom. The molecule has 0 saturated carbocycles. The van der Waals surface area contributed by atoms with Gasteiger partial charge < -0.3 is 10.2 Å². The van der Waals surface area contributed by atoms with Crippen LogP contribution in [0.15, 0.2) is 29.2 Å². The fourth-order valence-corrected chi connectivity index (χ4v) is 5.45. The van der Waals surface area contributed by atoms with Gasteiger partial charge in [0, 0.05) is 38.6 Å². The molecule has 1 unspecified atom stereocenters. The lowest BCUT2D eigenvalue weighted by atomic mass is 10.0. The predicted molar refractivity (Wildman–Crippen MR) is 106 cm³/mol. The van der Waals surface area contributed by atoms with E-state index in [2.05, 4.69) is 5.32 Å². The Bertz CT molecular complexity index is 727. The van der Waals surface area contributed by atoms with Gasteiger partial charge in [-0.3, -0.25) is 4.79 Å². The maximum Gasteiger partial charge on any atom is 0.243 e. The van der Waals surface area contributed by atoms with E-state index in [1.807, 2.05) is 24.1 Å². The first-order chi connectivity index (χ1) is 13.0. The van der Waals surface area contributed by atoms with Crippen LogP contribution < -0.4 is 5.32 Å². The van der Waals surface area contributed by atoms with E-state index in [-0.39, 0.29) is 5.91 Å². The third kappa shape index (κ3) is 5.09. The van der Waals surface area contributed by atoms with Gasteiger partial charge in [0.1, 0.15) is 0 Å². The molecule has 0 bridgehead atoms. The third-order valence-corrected chi connectivity index (χ3v) is 7.60. The average molecular weight is 394 g/mol. The molecule has 2 aliphatic rings. The maximum atomic E-state index is 12.7. The number of likely N-dealkylation sites (N-methyl/N-ethyl adjacent to an activating group) is 1. The first-order valence-corrected chi connectivity index (χ1v) is 11.5. The molecular weight excluding hydrogens is 362 g/mol. The van der Waals surface area contributed by atoms with Crippen molar-refractivity contribution < 1.29 is 13.2 Å². The lowest BCUT2D eigenvalue weighted by Crippen LogP contribution is -2.47. The lowest BCUT2D eigenvalue weighted by Gasteiger charge is -2.32. The second-order valence-corrected chi connectivity index (χ2v) is 9.51. The second kappa shape index (κ2) is 9.17. The first kappa shape index (κ1) is 20.3. The summed E-state index contributed by atoms with van der Waals surface area (Å²) in [7, 11) is -1.44. The summed E-state index contributed by atoms with van der Waals surface area (Å²) < 4.78 is 27.0. The van der Waals surface area contributed by atoms with Gasteiger partial charge in [-0.2, -0.15) is 4.31 Å². The molecule has 0 spiro atoms. The van der Waals surface area contributed by atoms with Crippen LogP contribution in [0.3, 0.4) is 0 Å². The van der Waals surface area contributed by atoms with Crippen LogP contribution in [0.2, 0.25) is 0 Å². The zero-order valence-corrected chi connectivity index (χ0v) is 17.0. The minimum Gasteiger partial charge on any atom is -0.341 e. The highest BCUT2D eigenvalue weighted by Gasteiger charge is 2.26. The van der Waals surface area contributed by atoms with Gasteiger partial charge in [-0.25, -0.2) is 8.42 Å². The molecule has 0 aromatic heterocycles. The number of carbonyl (C=O) groups excluding carboxylic acids is 1. The smallest absolute Gasteiger partial charge is 0.243 e. The molecule has 2 fully saturated rings. The number of amides is 1.